The number of amides is 1. The molecule has 0 aromatic heterocycles. The maximum atomic E-state index is 12.6. The smallest absolute Gasteiger partial charge is 0.259 e. The van der Waals surface area contributed by atoms with E-state index in [-0.39, 0.29) is 28.4 Å². The van der Waals surface area contributed by atoms with E-state index in [9.17, 15) is 15.2 Å². The molecule has 3 fully saturated rings. The first-order valence-electron chi connectivity index (χ1n) is 13.9. The van der Waals surface area contributed by atoms with Gasteiger partial charge in [-0.2, -0.15) is 5.26 Å². The summed E-state index contributed by atoms with van der Waals surface area (Å²) >= 11 is 0. The van der Waals surface area contributed by atoms with Crippen LogP contribution in [-0.4, -0.2) is 38.4 Å². The Balaban J connectivity index is 1.63. The number of carbonyl (C=O) groups excluding carboxylic acids is 1. The van der Waals surface area contributed by atoms with Crippen molar-refractivity contribution in [3.05, 3.63) is 46.1 Å². The molecular weight excluding hydrogens is 492 g/mol. The average molecular weight is 533 g/mol. The van der Waals surface area contributed by atoms with Crippen LogP contribution in [0.5, 0.6) is 17.2 Å². The van der Waals surface area contributed by atoms with Gasteiger partial charge >= 0.3 is 0 Å². The van der Waals surface area contributed by atoms with Crippen molar-refractivity contribution in [2.45, 2.75) is 64.9 Å². The SMILES string of the molecule is COc1cc(/C=C2\CC3C4CC=C5C[C@@H](O)CC[C@]5(C)C4CC[C@]3(C)\C2=C(/C#N)C(N)=O)cc(OC)c1OC. The summed E-state index contributed by atoms with van der Waals surface area (Å²) in [4.78, 5) is 12.6. The molecule has 0 saturated heterocycles. The van der Waals surface area contributed by atoms with Gasteiger partial charge in [-0.3, -0.25) is 4.79 Å². The van der Waals surface area contributed by atoms with Crippen LogP contribution in [-0.2, 0) is 4.79 Å². The first-order chi connectivity index (χ1) is 18.6. The molecule has 1 aromatic carbocycles. The predicted molar refractivity (Wildman–Crippen MR) is 149 cm³/mol. The van der Waals surface area contributed by atoms with E-state index in [0.717, 1.165) is 61.7 Å². The first kappa shape index (κ1) is 27.3. The van der Waals surface area contributed by atoms with Crippen LogP contribution in [0.4, 0.5) is 0 Å². The van der Waals surface area contributed by atoms with Gasteiger partial charge in [0.15, 0.2) is 11.5 Å². The van der Waals surface area contributed by atoms with Crippen LogP contribution in [0.3, 0.4) is 0 Å². The van der Waals surface area contributed by atoms with Gasteiger partial charge in [0, 0.05) is 0 Å². The normalized spacial score (nSPS) is 35.6. The molecular formula is C32H40N2O5. The van der Waals surface area contributed by atoms with Crippen molar-refractivity contribution in [1.29, 1.82) is 5.26 Å². The van der Waals surface area contributed by atoms with Crippen LogP contribution in [0.15, 0.2) is 40.5 Å². The Bertz CT molecular complexity index is 1300. The molecule has 1 amide bonds. The number of hydrogen-bond donors (Lipinski definition) is 2. The van der Waals surface area contributed by atoms with Gasteiger partial charge in [0.2, 0.25) is 5.75 Å². The number of carbonyl (C=O) groups is 1. The molecule has 0 heterocycles. The van der Waals surface area contributed by atoms with Crippen molar-refractivity contribution in [2.75, 3.05) is 21.3 Å². The lowest BCUT2D eigenvalue weighted by Crippen LogP contribution is -2.49. The van der Waals surface area contributed by atoms with E-state index in [2.05, 4.69) is 32.1 Å². The molecule has 1 aromatic rings. The molecule has 0 aliphatic heterocycles. The Kier molecular flexibility index (Phi) is 7.05. The van der Waals surface area contributed by atoms with Gasteiger partial charge in [-0.25, -0.2) is 0 Å². The fourth-order valence-electron chi connectivity index (χ4n) is 8.55. The van der Waals surface area contributed by atoms with Crippen LogP contribution in [0.25, 0.3) is 6.08 Å². The standard InChI is InChI=1S/C32H40N2O5/c1-31-10-8-21(35)16-20(31)6-7-22-24(31)9-11-32(2)25(22)15-19(28(32)23(17-33)30(34)36)12-18-13-26(37-3)29(39-5)27(14-18)38-4/h6,12-14,21-22,24-25,35H,7-11,15-16H2,1-5H3,(H2,34,36)/b19-12+,28-23+/t21-,22?,24?,25?,31-,32-/m0/s1. The molecule has 6 atom stereocenters. The van der Waals surface area contributed by atoms with E-state index >= 15 is 0 Å². The van der Waals surface area contributed by atoms with Crippen molar-refractivity contribution in [2.24, 2.45) is 34.3 Å². The average Bonchev–Trinajstić information content (AvgIpc) is 3.20. The summed E-state index contributed by atoms with van der Waals surface area (Å²) in [6.07, 6.45) is 10.5. The summed E-state index contributed by atoms with van der Waals surface area (Å²) in [7, 11) is 4.74. The van der Waals surface area contributed by atoms with Crippen LogP contribution in [0.2, 0.25) is 0 Å². The largest absolute Gasteiger partial charge is 0.493 e. The minimum Gasteiger partial charge on any atom is -0.493 e. The maximum Gasteiger partial charge on any atom is 0.259 e. The topological polar surface area (TPSA) is 115 Å². The second-order valence-corrected chi connectivity index (χ2v) is 12.2. The Morgan fingerprint density at radius 2 is 1.72 bits per heavy atom. The number of aliphatic hydroxyl groups excluding tert-OH is 1. The van der Waals surface area contributed by atoms with E-state index < -0.39 is 5.91 Å². The lowest BCUT2D eigenvalue weighted by atomic mass is 9.47. The van der Waals surface area contributed by atoms with E-state index in [1.165, 1.54) is 5.57 Å². The van der Waals surface area contributed by atoms with Gasteiger partial charge in [-0.15, -0.1) is 0 Å². The number of ether oxygens (including phenoxy) is 3. The van der Waals surface area contributed by atoms with Crippen molar-refractivity contribution >= 4 is 12.0 Å². The van der Waals surface area contributed by atoms with Gasteiger partial charge in [0.05, 0.1) is 27.4 Å². The quantitative estimate of drug-likeness (QED) is 0.301. The van der Waals surface area contributed by atoms with Gasteiger partial charge in [-0.1, -0.05) is 31.6 Å². The summed E-state index contributed by atoms with van der Waals surface area (Å²) in [5.74, 6) is 2.16. The molecule has 7 heteroatoms. The summed E-state index contributed by atoms with van der Waals surface area (Å²) in [6, 6.07) is 5.94. The minimum absolute atomic E-state index is 0.0659. The highest BCUT2D eigenvalue weighted by Crippen LogP contribution is 2.67. The van der Waals surface area contributed by atoms with E-state index in [1.807, 2.05) is 12.1 Å². The zero-order valence-corrected chi connectivity index (χ0v) is 23.7. The molecule has 7 nitrogen and oxygen atoms in total. The summed E-state index contributed by atoms with van der Waals surface area (Å²) in [5.41, 5.74) is 9.68. The lowest BCUT2D eigenvalue weighted by molar-refractivity contribution is -0.114. The molecule has 39 heavy (non-hydrogen) atoms. The van der Waals surface area contributed by atoms with E-state index in [1.54, 1.807) is 21.3 Å². The van der Waals surface area contributed by atoms with Crippen LogP contribution < -0.4 is 19.9 Å². The molecule has 208 valence electrons. The van der Waals surface area contributed by atoms with Crippen LogP contribution in [0, 0.1) is 39.9 Å². The first-order valence-corrected chi connectivity index (χ1v) is 13.9. The molecule has 0 radical (unpaired) electrons. The van der Waals surface area contributed by atoms with Gasteiger partial charge in [-0.05, 0) is 102 Å². The third-order valence-electron chi connectivity index (χ3n) is 10.4. The number of allylic oxidation sites excluding steroid dienone is 3. The maximum absolute atomic E-state index is 12.6. The third-order valence-corrected chi connectivity index (χ3v) is 10.4. The van der Waals surface area contributed by atoms with Crippen molar-refractivity contribution in [1.82, 2.24) is 0 Å². The number of nitriles is 1. The molecule has 3 N–H and O–H groups in total. The third kappa shape index (κ3) is 4.24. The number of nitrogens with two attached hydrogens (primary N) is 1. The molecule has 0 bridgehead atoms. The zero-order valence-electron chi connectivity index (χ0n) is 23.7. The highest BCUT2D eigenvalue weighted by atomic mass is 16.5. The Hall–Kier alpha value is -3.24. The summed E-state index contributed by atoms with van der Waals surface area (Å²) in [5, 5.41) is 20.5. The molecule has 3 unspecified atom stereocenters. The molecule has 0 spiro atoms. The molecule has 5 rings (SSSR count). The Labute approximate surface area is 231 Å². The number of hydrogen-bond acceptors (Lipinski definition) is 6. The number of fused-ring (bicyclic) bond motifs is 5. The fourth-order valence-corrected chi connectivity index (χ4v) is 8.55. The number of benzene rings is 1. The van der Waals surface area contributed by atoms with Gasteiger partial charge < -0.3 is 25.1 Å². The van der Waals surface area contributed by atoms with Crippen LogP contribution in [0.1, 0.15) is 64.4 Å². The fraction of sp³-hybridized carbons (Fsp3) is 0.562. The van der Waals surface area contributed by atoms with Crippen molar-refractivity contribution < 1.29 is 24.1 Å². The number of aliphatic hydroxyl groups is 1. The second kappa shape index (κ2) is 10.1. The highest BCUT2D eigenvalue weighted by molar-refractivity contribution is 5.98. The second-order valence-electron chi connectivity index (χ2n) is 12.2. The molecule has 4 aliphatic carbocycles. The Morgan fingerprint density at radius 3 is 2.31 bits per heavy atom. The predicted octanol–water partition coefficient (Wildman–Crippen LogP) is 5.33. The highest BCUT2D eigenvalue weighted by Gasteiger charge is 2.59. The van der Waals surface area contributed by atoms with E-state index in [4.69, 9.17) is 19.9 Å². The monoisotopic (exact) mass is 532 g/mol. The van der Waals surface area contributed by atoms with Crippen molar-refractivity contribution in [3.8, 4) is 23.3 Å². The number of rotatable bonds is 5. The van der Waals surface area contributed by atoms with Gasteiger partial charge in [0.1, 0.15) is 11.6 Å². The van der Waals surface area contributed by atoms with Crippen LogP contribution >= 0.6 is 0 Å². The Morgan fingerprint density at radius 1 is 1.05 bits per heavy atom. The molecule has 4 aliphatic rings. The zero-order chi connectivity index (χ0) is 28.1. The summed E-state index contributed by atoms with van der Waals surface area (Å²) in [6.45, 7) is 4.62. The number of primary amides is 1. The van der Waals surface area contributed by atoms with Gasteiger partial charge in [0.25, 0.3) is 5.91 Å². The lowest BCUT2D eigenvalue weighted by Gasteiger charge is -2.57. The summed E-state index contributed by atoms with van der Waals surface area (Å²) < 4.78 is 16.6. The number of methoxy groups -OCH3 is 3. The van der Waals surface area contributed by atoms with Crippen molar-refractivity contribution in [3.63, 3.8) is 0 Å². The van der Waals surface area contributed by atoms with E-state index in [0.29, 0.717) is 29.1 Å². The minimum atomic E-state index is -0.675. The molecule has 3 saturated carbocycles. The number of nitrogens with zero attached hydrogens (tertiary/aromatic N) is 1.